The summed E-state index contributed by atoms with van der Waals surface area (Å²) in [6.07, 6.45) is 1.34. The van der Waals surface area contributed by atoms with Gasteiger partial charge in [-0.1, -0.05) is 13.0 Å². The Bertz CT molecular complexity index is 569. The second-order valence-corrected chi connectivity index (χ2v) is 4.33. The van der Waals surface area contributed by atoms with E-state index in [2.05, 4.69) is 10.6 Å². The lowest BCUT2D eigenvalue weighted by atomic mass is 10.1. The predicted octanol–water partition coefficient (Wildman–Crippen LogP) is 0.254. The molecule has 21 heavy (non-hydrogen) atoms. The van der Waals surface area contributed by atoms with Crippen molar-refractivity contribution in [3.63, 3.8) is 0 Å². The second kappa shape index (κ2) is 7.78. The average Bonchev–Trinajstić information content (AvgIpc) is 2.44. The van der Waals surface area contributed by atoms with Crippen LogP contribution in [0.4, 0.5) is 5.69 Å². The van der Waals surface area contributed by atoms with Gasteiger partial charge in [-0.05, 0) is 18.6 Å². The molecule has 7 heteroatoms. The summed E-state index contributed by atoms with van der Waals surface area (Å²) < 4.78 is 0. The molecule has 7 nitrogen and oxygen atoms in total. The highest BCUT2D eigenvalue weighted by atomic mass is 16.2. The lowest BCUT2D eigenvalue weighted by molar-refractivity contribution is -0.129. The van der Waals surface area contributed by atoms with Crippen LogP contribution in [0.5, 0.6) is 0 Å². The van der Waals surface area contributed by atoms with Crippen LogP contribution in [0.2, 0.25) is 0 Å². The van der Waals surface area contributed by atoms with E-state index in [1.165, 1.54) is 18.2 Å². The van der Waals surface area contributed by atoms with Crippen molar-refractivity contribution >= 4 is 29.7 Å². The number of nitrogens with two attached hydrogens (primary N) is 1. The van der Waals surface area contributed by atoms with Crippen LogP contribution in [0, 0.1) is 0 Å². The van der Waals surface area contributed by atoms with E-state index < -0.39 is 17.7 Å². The monoisotopic (exact) mass is 291 g/mol. The summed E-state index contributed by atoms with van der Waals surface area (Å²) in [7, 11) is 0. The summed E-state index contributed by atoms with van der Waals surface area (Å²) in [6, 6.07) is 4.45. The van der Waals surface area contributed by atoms with Crippen molar-refractivity contribution in [3.8, 4) is 0 Å². The summed E-state index contributed by atoms with van der Waals surface area (Å²) in [5.41, 5.74) is 5.92. The van der Waals surface area contributed by atoms with Gasteiger partial charge in [0.1, 0.15) is 0 Å². The fraction of sp³-hybridized carbons (Fsp3) is 0.286. The molecule has 0 bridgehead atoms. The molecule has 1 aromatic carbocycles. The first kappa shape index (κ1) is 16.4. The third-order valence-electron chi connectivity index (χ3n) is 2.67. The SMILES string of the molecule is CCCC(=O)NC(=O)CNC(=O)c1cccc(N)c1C=O. The standard InChI is InChI=1S/C14H17N3O4/c1-2-4-12(19)17-13(20)7-16-14(21)9-5-3-6-11(15)10(9)8-18/h3,5-6,8H,2,4,7,15H2,1H3,(H,16,21)(H,17,19,20). The number of hydrogen-bond acceptors (Lipinski definition) is 5. The molecule has 0 saturated heterocycles. The summed E-state index contributed by atoms with van der Waals surface area (Å²) in [6.45, 7) is 1.45. The Morgan fingerprint density at radius 3 is 2.57 bits per heavy atom. The van der Waals surface area contributed by atoms with Gasteiger partial charge >= 0.3 is 0 Å². The van der Waals surface area contributed by atoms with Crippen molar-refractivity contribution in [3.05, 3.63) is 29.3 Å². The van der Waals surface area contributed by atoms with Crippen molar-refractivity contribution < 1.29 is 19.2 Å². The fourth-order valence-electron chi connectivity index (χ4n) is 1.66. The maximum atomic E-state index is 11.9. The van der Waals surface area contributed by atoms with Crippen LogP contribution in [0.15, 0.2) is 18.2 Å². The van der Waals surface area contributed by atoms with Crippen LogP contribution in [-0.4, -0.2) is 30.6 Å². The molecule has 0 unspecified atom stereocenters. The van der Waals surface area contributed by atoms with Crippen molar-refractivity contribution in [1.29, 1.82) is 0 Å². The lowest BCUT2D eigenvalue weighted by Crippen LogP contribution is -2.39. The quantitative estimate of drug-likeness (QED) is 0.513. The predicted molar refractivity (Wildman–Crippen MR) is 76.6 cm³/mol. The van der Waals surface area contributed by atoms with Crippen LogP contribution < -0.4 is 16.4 Å². The van der Waals surface area contributed by atoms with E-state index in [0.717, 1.165) is 0 Å². The molecule has 0 aliphatic heterocycles. The maximum Gasteiger partial charge on any atom is 0.252 e. The molecule has 0 aliphatic carbocycles. The summed E-state index contributed by atoms with van der Waals surface area (Å²) in [5.74, 6) is -1.62. The van der Waals surface area contributed by atoms with Gasteiger partial charge in [0.2, 0.25) is 11.8 Å². The van der Waals surface area contributed by atoms with E-state index in [1.807, 2.05) is 6.92 Å². The summed E-state index contributed by atoms with van der Waals surface area (Å²) in [4.78, 5) is 45.5. The molecule has 0 saturated carbocycles. The largest absolute Gasteiger partial charge is 0.398 e. The highest BCUT2D eigenvalue weighted by molar-refractivity contribution is 6.05. The van der Waals surface area contributed by atoms with Gasteiger partial charge in [-0.25, -0.2) is 0 Å². The molecule has 1 rings (SSSR count). The first-order valence-electron chi connectivity index (χ1n) is 6.44. The number of hydrogen-bond donors (Lipinski definition) is 3. The molecular formula is C14H17N3O4. The zero-order valence-corrected chi connectivity index (χ0v) is 11.6. The third kappa shape index (κ3) is 4.72. The minimum absolute atomic E-state index is 0.0671. The molecule has 3 amide bonds. The molecule has 0 atom stereocenters. The highest BCUT2D eigenvalue weighted by Crippen LogP contribution is 2.14. The molecule has 0 aromatic heterocycles. The van der Waals surface area contributed by atoms with E-state index in [4.69, 9.17) is 5.73 Å². The Labute approximate surface area is 121 Å². The van der Waals surface area contributed by atoms with E-state index in [0.29, 0.717) is 12.7 Å². The zero-order chi connectivity index (χ0) is 15.8. The van der Waals surface area contributed by atoms with Crippen molar-refractivity contribution in [1.82, 2.24) is 10.6 Å². The van der Waals surface area contributed by atoms with E-state index in [-0.39, 0.29) is 29.8 Å². The molecule has 1 aromatic rings. The van der Waals surface area contributed by atoms with E-state index in [1.54, 1.807) is 0 Å². The molecule has 0 heterocycles. The number of imide groups is 1. The first-order valence-corrected chi connectivity index (χ1v) is 6.44. The smallest absolute Gasteiger partial charge is 0.252 e. The topological polar surface area (TPSA) is 118 Å². The van der Waals surface area contributed by atoms with Gasteiger partial charge in [-0.3, -0.25) is 24.5 Å². The summed E-state index contributed by atoms with van der Waals surface area (Å²) in [5, 5.41) is 4.47. The Morgan fingerprint density at radius 1 is 1.24 bits per heavy atom. The van der Waals surface area contributed by atoms with Gasteiger partial charge in [0, 0.05) is 17.7 Å². The lowest BCUT2D eigenvalue weighted by Gasteiger charge is -2.08. The number of aldehydes is 1. The number of anilines is 1. The average molecular weight is 291 g/mol. The van der Waals surface area contributed by atoms with Gasteiger partial charge in [0.15, 0.2) is 6.29 Å². The van der Waals surface area contributed by atoms with Crippen molar-refractivity contribution in [2.24, 2.45) is 0 Å². The third-order valence-corrected chi connectivity index (χ3v) is 2.67. The van der Waals surface area contributed by atoms with Gasteiger partial charge in [-0.15, -0.1) is 0 Å². The number of nitrogens with one attached hydrogen (secondary N) is 2. The fourth-order valence-corrected chi connectivity index (χ4v) is 1.66. The number of benzene rings is 1. The van der Waals surface area contributed by atoms with Crippen LogP contribution in [0.3, 0.4) is 0 Å². The molecule has 0 spiro atoms. The van der Waals surface area contributed by atoms with Crippen LogP contribution in [0.25, 0.3) is 0 Å². The number of nitrogen functional groups attached to an aromatic ring is 1. The van der Waals surface area contributed by atoms with Crippen molar-refractivity contribution in [2.75, 3.05) is 12.3 Å². The molecule has 112 valence electrons. The Morgan fingerprint density at radius 2 is 1.95 bits per heavy atom. The Kier molecular flexibility index (Phi) is 6.06. The highest BCUT2D eigenvalue weighted by Gasteiger charge is 2.14. The van der Waals surface area contributed by atoms with Gasteiger partial charge in [0.05, 0.1) is 12.1 Å². The van der Waals surface area contributed by atoms with Gasteiger partial charge in [-0.2, -0.15) is 0 Å². The van der Waals surface area contributed by atoms with Crippen LogP contribution >= 0.6 is 0 Å². The van der Waals surface area contributed by atoms with Gasteiger partial charge in [0.25, 0.3) is 5.91 Å². The molecule has 0 radical (unpaired) electrons. The second-order valence-electron chi connectivity index (χ2n) is 4.33. The minimum atomic E-state index is -0.613. The van der Waals surface area contributed by atoms with E-state index in [9.17, 15) is 19.2 Å². The summed E-state index contributed by atoms with van der Waals surface area (Å²) >= 11 is 0. The molecule has 0 aliphatic rings. The van der Waals surface area contributed by atoms with Gasteiger partial charge < -0.3 is 11.1 Å². The molecule has 0 fully saturated rings. The van der Waals surface area contributed by atoms with Crippen LogP contribution in [0.1, 0.15) is 40.5 Å². The molecular weight excluding hydrogens is 274 g/mol. The Hall–Kier alpha value is -2.70. The normalized spacial score (nSPS) is 9.76. The number of carbonyl (C=O) groups excluding carboxylic acids is 4. The number of rotatable bonds is 6. The minimum Gasteiger partial charge on any atom is -0.398 e. The number of amides is 3. The van der Waals surface area contributed by atoms with Crippen LogP contribution in [-0.2, 0) is 9.59 Å². The zero-order valence-electron chi connectivity index (χ0n) is 11.6. The van der Waals surface area contributed by atoms with Crippen molar-refractivity contribution in [2.45, 2.75) is 19.8 Å². The Balaban J connectivity index is 2.62. The molecule has 4 N–H and O–H groups in total. The number of carbonyl (C=O) groups is 4. The van der Waals surface area contributed by atoms with E-state index >= 15 is 0 Å². The first-order chi connectivity index (χ1) is 9.99. The maximum absolute atomic E-state index is 11.9.